The molecule has 2 aromatic rings. The first kappa shape index (κ1) is 15.2. The lowest BCUT2D eigenvalue weighted by Gasteiger charge is -2.20. The molecule has 3 nitrogen and oxygen atoms in total. The molecule has 112 valence electrons. The van der Waals surface area contributed by atoms with Crippen LogP contribution in [0, 0.1) is 11.6 Å². The molecule has 0 saturated carbocycles. The summed E-state index contributed by atoms with van der Waals surface area (Å²) >= 11 is 0. The monoisotopic (exact) mass is 292 g/mol. The van der Waals surface area contributed by atoms with Gasteiger partial charge in [-0.05, 0) is 29.2 Å². The largest absolute Gasteiger partial charge is 0.480 e. The van der Waals surface area contributed by atoms with Gasteiger partial charge in [-0.1, -0.05) is 20.8 Å². The van der Waals surface area contributed by atoms with E-state index in [9.17, 15) is 8.78 Å². The number of aromatic nitrogens is 1. The van der Waals surface area contributed by atoms with Gasteiger partial charge in [-0.15, -0.1) is 0 Å². The molecule has 0 aliphatic heterocycles. The van der Waals surface area contributed by atoms with Gasteiger partial charge in [0.2, 0.25) is 5.88 Å². The van der Waals surface area contributed by atoms with Crippen LogP contribution in [0.2, 0.25) is 0 Å². The van der Waals surface area contributed by atoms with Crippen molar-refractivity contribution in [2.45, 2.75) is 26.2 Å². The Labute approximate surface area is 123 Å². The summed E-state index contributed by atoms with van der Waals surface area (Å²) in [5.74, 6) is -0.934. The zero-order valence-corrected chi connectivity index (χ0v) is 12.5. The number of anilines is 2. The predicted octanol–water partition coefficient (Wildman–Crippen LogP) is 4.41. The molecule has 5 heteroatoms. The lowest BCUT2D eigenvalue weighted by atomic mass is 9.88. The van der Waals surface area contributed by atoms with E-state index in [1.54, 1.807) is 6.20 Å². The summed E-state index contributed by atoms with van der Waals surface area (Å²) in [6, 6.07) is 5.22. The molecular formula is C16H18F2N2O. The number of benzene rings is 1. The summed E-state index contributed by atoms with van der Waals surface area (Å²) < 4.78 is 31.9. The molecule has 0 aliphatic carbocycles. The molecule has 0 bridgehead atoms. The van der Waals surface area contributed by atoms with Crippen molar-refractivity contribution in [2.24, 2.45) is 0 Å². The number of nitrogens with zero attached hydrogens (tertiary/aromatic N) is 1. The summed E-state index contributed by atoms with van der Waals surface area (Å²) in [4.78, 5) is 4.23. The van der Waals surface area contributed by atoms with Crippen LogP contribution in [0.1, 0.15) is 26.3 Å². The van der Waals surface area contributed by atoms with E-state index in [4.69, 9.17) is 4.74 Å². The number of hydrogen-bond acceptors (Lipinski definition) is 3. The molecule has 0 unspecified atom stereocenters. The molecule has 1 aromatic carbocycles. The Balaban J connectivity index is 2.42. The van der Waals surface area contributed by atoms with Crippen LogP contribution in [0.3, 0.4) is 0 Å². The Kier molecular flexibility index (Phi) is 4.11. The molecule has 1 heterocycles. The second kappa shape index (κ2) is 5.68. The molecule has 1 N–H and O–H groups in total. The van der Waals surface area contributed by atoms with E-state index >= 15 is 0 Å². The smallest absolute Gasteiger partial charge is 0.237 e. The standard InChI is InChI=1S/C16H18F2N2O/c1-16(2,3)10-7-14(15(21-4)19-9-10)20-13-6-5-11(17)8-12(13)18/h5-9,20H,1-4H3. The van der Waals surface area contributed by atoms with Gasteiger partial charge in [0.05, 0.1) is 12.8 Å². The molecular weight excluding hydrogens is 274 g/mol. The zero-order chi connectivity index (χ0) is 15.6. The zero-order valence-electron chi connectivity index (χ0n) is 12.5. The number of methoxy groups -OCH3 is 1. The van der Waals surface area contributed by atoms with Crippen LogP contribution in [0.25, 0.3) is 0 Å². The average Bonchev–Trinajstić information content (AvgIpc) is 2.41. The fourth-order valence-electron chi connectivity index (χ4n) is 1.85. The molecule has 0 radical (unpaired) electrons. The highest BCUT2D eigenvalue weighted by molar-refractivity contribution is 5.65. The van der Waals surface area contributed by atoms with Gasteiger partial charge in [-0.3, -0.25) is 0 Å². The van der Waals surface area contributed by atoms with Gasteiger partial charge < -0.3 is 10.1 Å². The molecule has 0 saturated heterocycles. The minimum atomic E-state index is -0.668. The Morgan fingerprint density at radius 1 is 1.10 bits per heavy atom. The third-order valence-electron chi connectivity index (χ3n) is 3.11. The Hall–Kier alpha value is -2.17. The number of pyridine rings is 1. The summed E-state index contributed by atoms with van der Waals surface area (Å²) in [5, 5.41) is 2.90. The van der Waals surface area contributed by atoms with E-state index in [-0.39, 0.29) is 11.1 Å². The maximum Gasteiger partial charge on any atom is 0.237 e. The number of hydrogen-bond donors (Lipinski definition) is 1. The van der Waals surface area contributed by atoms with Crippen molar-refractivity contribution in [2.75, 3.05) is 12.4 Å². The van der Waals surface area contributed by atoms with Crippen molar-refractivity contribution < 1.29 is 13.5 Å². The summed E-state index contributed by atoms with van der Waals surface area (Å²) in [6.45, 7) is 6.16. The highest BCUT2D eigenvalue weighted by atomic mass is 19.1. The van der Waals surface area contributed by atoms with Gasteiger partial charge in [0.25, 0.3) is 0 Å². The number of rotatable bonds is 3. The quantitative estimate of drug-likeness (QED) is 0.910. The first-order valence-corrected chi connectivity index (χ1v) is 6.58. The van der Waals surface area contributed by atoms with Crippen LogP contribution in [0.5, 0.6) is 5.88 Å². The molecule has 0 amide bonds. The van der Waals surface area contributed by atoms with Crippen molar-refractivity contribution in [3.05, 3.63) is 47.7 Å². The van der Waals surface area contributed by atoms with Gasteiger partial charge in [-0.2, -0.15) is 0 Å². The molecule has 0 fully saturated rings. The van der Waals surface area contributed by atoms with Gasteiger partial charge in [0.15, 0.2) is 0 Å². The van der Waals surface area contributed by atoms with Crippen molar-refractivity contribution in [1.29, 1.82) is 0 Å². The fourth-order valence-corrected chi connectivity index (χ4v) is 1.85. The van der Waals surface area contributed by atoms with Crippen LogP contribution in [0.4, 0.5) is 20.2 Å². The lowest BCUT2D eigenvalue weighted by Crippen LogP contribution is -2.12. The number of nitrogens with one attached hydrogen (secondary N) is 1. The second-order valence-corrected chi connectivity index (χ2v) is 5.78. The van der Waals surface area contributed by atoms with Crippen LogP contribution in [-0.2, 0) is 5.41 Å². The van der Waals surface area contributed by atoms with E-state index < -0.39 is 11.6 Å². The number of ether oxygens (including phenoxy) is 1. The van der Waals surface area contributed by atoms with Crippen molar-refractivity contribution in [3.63, 3.8) is 0 Å². The summed E-state index contributed by atoms with van der Waals surface area (Å²) in [5.41, 5.74) is 1.59. The molecule has 1 aromatic heterocycles. The first-order chi connectivity index (χ1) is 9.81. The van der Waals surface area contributed by atoms with Crippen molar-refractivity contribution in [1.82, 2.24) is 4.98 Å². The lowest BCUT2D eigenvalue weighted by molar-refractivity contribution is 0.399. The first-order valence-electron chi connectivity index (χ1n) is 6.58. The molecule has 0 aliphatic rings. The van der Waals surface area contributed by atoms with E-state index in [0.717, 1.165) is 11.6 Å². The Morgan fingerprint density at radius 2 is 1.81 bits per heavy atom. The molecule has 2 rings (SSSR count). The SMILES string of the molecule is COc1ncc(C(C)(C)C)cc1Nc1ccc(F)cc1F. The van der Waals surface area contributed by atoms with Crippen molar-refractivity contribution >= 4 is 11.4 Å². The second-order valence-electron chi connectivity index (χ2n) is 5.78. The van der Waals surface area contributed by atoms with E-state index in [1.807, 2.05) is 6.07 Å². The van der Waals surface area contributed by atoms with Gasteiger partial charge in [0.1, 0.15) is 17.3 Å². The maximum absolute atomic E-state index is 13.7. The van der Waals surface area contributed by atoms with Crippen molar-refractivity contribution in [3.8, 4) is 5.88 Å². The molecule has 0 spiro atoms. The van der Waals surface area contributed by atoms with Gasteiger partial charge >= 0.3 is 0 Å². The van der Waals surface area contributed by atoms with Gasteiger partial charge in [0, 0.05) is 12.3 Å². The summed E-state index contributed by atoms with van der Waals surface area (Å²) in [7, 11) is 1.49. The average molecular weight is 292 g/mol. The van der Waals surface area contributed by atoms with Crippen LogP contribution >= 0.6 is 0 Å². The van der Waals surface area contributed by atoms with E-state index in [1.165, 1.54) is 19.2 Å². The number of halogens is 2. The predicted molar refractivity (Wildman–Crippen MR) is 79.1 cm³/mol. The highest BCUT2D eigenvalue weighted by Crippen LogP contribution is 2.32. The minimum Gasteiger partial charge on any atom is -0.480 e. The van der Waals surface area contributed by atoms with Crippen LogP contribution in [-0.4, -0.2) is 12.1 Å². The Morgan fingerprint density at radius 3 is 2.38 bits per heavy atom. The maximum atomic E-state index is 13.7. The molecule has 0 atom stereocenters. The van der Waals surface area contributed by atoms with E-state index in [2.05, 4.69) is 31.1 Å². The minimum absolute atomic E-state index is 0.100. The Bertz CT molecular complexity index is 651. The third kappa shape index (κ3) is 3.48. The fraction of sp³-hybridized carbons (Fsp3) is 0.312. The molecule has 21 heavy (non-hydrogen) atoms. The highest BCUT2D eigenvalue weighted by Gasteiger charge is 2.17. The third-order valence-corrected chi connectivity index (χ3v) is 3.11. The normalized spacial score (nSPS) is 11.3. The van der Waals surface area contributed by atoms with Crippen LogP contribution in [0.15, 0.2) is 30.5 Å². The topological polar surface area (TPSA) is 34.1 Å². The summed E-state index contributed by atoms with van der Waals surface area (Å²) in [6.07, 6.45) is 1.73. The van der Waals surface area contributed by atoms with Gasteiger partial charge in [-0.25, -0.2) is 13.8 Å². The van der Waals surface area contributed by atoms with E-state index in [0.29, 0.717) is 11.6 Å². The van der Waals surface area contributed by atoms with Crippen LogP contribution < -0.4 is 10.1 Å².